The Morgan fingerprint density at radius 1 is 0.933 bits per heavy atom. The predicted molar refractivity (Wildman–Crippen MR) is 120 cm³/mol. The van der Waals surface area contributed by atoms with Crippen LogP contribution >= 0.6 is 0 Å². The van der Waals surface area contributed by atoms with Gasteiger partial charge in [0.15, 0.2) is 0 Å². The van der Waals surface area contributed by atoms with E-state index in [1.54, 1.807) is 0 Å². The van der Waals surface area contributed by atoms with Crippen LogP contribution in [0, 0.1) is 5.92 Å². The van der Waals surface area contributed by atoms with Gasteiger partial charge in [-0.25, -0.2) is 0 Å². The second kappa shape index (κ2) is 8.75. The van der Waals surface area contributed by atoms with Gasteiger partial charge < -0.3 is 9.84 Å². The molecule has 2 aromatic carbocycles. The first-order valence-corrected chi connectivity index (χ1v) is 11.2. The lowest BCUT2D eigenvalue weighted by Gasteiger charge is -2.20. The number of benzene rings is 2. The van der Waals surface area contributed by atoms with Crippen LogP contribution in [0.5, 0.6) is 5.75 Å². The third-order valence-corrected chi connectivity index (χ3v) is 6.67. The van der Waals surface area contributed by atoms with Gasteiger partial charge in [0, 0.05) is 42.7 Å². The Hall–Kier alpha value is -2.43. The van der Waals surface area contributed by atoms with E-state index in [0.717, 1.165) is 30.8 Å². The molecule has 1 N–H and O–H groups in total. The number of hydrogen-bond donors (Lipinski definition) is 1. The van der Waals surface area contributed by atoms with Crippen molar-refractivity contribution in [3.8, 4) is 5.75 Å². The first-order chi connectivity index (χ1) is 14.8. The lowest BCUT2D eigenvalue weighted by molar-refractivity contribution is 0.140. The summed E-state index contributed by atoms with van der Waals surface area (Å²) in [6.45, 7) is 2.44. The van der Waals surface area contributed by atoms with Gasteiger partial charge in [0.1, 0.15) is 5.75 Å². The molecule has 30 heavy (non-hydrogen) atoms. The summed E-state index contributed by atoms with van der Waals surface area (Å²) in [6, 6.07) is 18.8. The van der Waals surface area contributed by atoms with E-state index in [2.05, 4.69) is 58.4 Å². The molecular weight excluding hydrogens is 372 g/mol. The monoisotopic (exact) mass is 402 g/mol. The van der Waals surface area contributed by atoms with Crippen molar-refractivity contribution in [2.45, 2.75) is 50.9 Å². The number of nitrogens with zero attached hydrogens (tertiary/aromatic N) is 2. The SMILES string of the molecule is O[C@H]1CN(Cc2ccccc2OC2CCCC2)C[C@H]1Cc1ccnc2ccccc12. The Morgan fingerprint density at radius 2 is 1.73 bits per heavy atom. The number of fused-ring (bicyclic) bond motifs is 1. The smallest absolute Gasteiger partial charge is 0.124 e. The number of likely N-dealkylation sites (tertiary alicyclic amines) is 1. The summed E-state index contributed by atoms with van der Waals surface area (Å²) in [6.07, 6.45) is 7.70. The highest BCUT2D eigenvalue weighted by Gasteiger charge is 2.32. The molecular formula is C26H30N2O2. The van der Waals surface area contributed by atoms with E-state index in [-0.39, 0.29) is 12.0 Å². The number of ether oxygens (including phenoxy) is 1. The average Bonchev–Trinajstić information content (AvgIpc) is 3.39. The molecule has 2 heterocycles. The molecule has 4 nitrogen and oxygen atoms in total. The number of hydrogen-bond acceptors (Lipinski definition) is 4. The van der Waals surface area contributed by atoms with Crippen molar-refractivity contribution in [1.82, 2.24) is 9.88 Å². The Kier molecular flexibility index (Phi) is 5.69. The number of aliphatic hydroxyl groups is 1. The molecule has 0 radical (unpaired) electrons. The highest BCUT2D eigenvalue weighted by atomic mass is 16.5. The third kappa shape index (κ3) is 4.21. The number of pyridine rings is 1. The van der Waals surface area contributed by atoms with Gasteiger partial charge in [-0.15, -0.1) is 0 Å². The second-order valence-electron chi connectivity index (χ2n) is 8.84. The van der Waals surface area contributed by atoms with E-state index in [9.17, 15) is 5.11 Å². The Labute approximate surface area is 178 Å². The number of aliphatic hydroxyl groups excluding tert-OH is 1. The standard InChI is InChI=1S/C26H30N2O2/c29-25-18-28(16-20-7-1-6-12-26(20)30-22-8-2-3-9-22)17-21(25)15-19-13-14-27-24-11-5-4-10-23(19)24/h1,4-7,10-14,21-22,25,29H,2-3,8-9,15-18H2/t21-,25+/m1/s1. The van der Waals surface area contributed by atoms with Gasteiger partial charge in [0.25, 0.3) is 0 Å². The highest BCUT2D eigenvalue weighted by molar-refractivity contribution is 5.81. The number of β-amino-alcohol motifs (C(OH)–C–C–N with tert-alkyl or cyclic N) is 1. The van der Waals surface area contributed by atoms with Crippen molar-refractivity contribution < 1.29 is 9.84 Å². The maximum Gasteiger partial charge on any atom is 0.124 e. The summed E-state index contributed by atoms with van der Waals surface area (Å²) >= 11 is 0. The number of rotatable bonds is 6. The van der Waals surface area contributed by atoms with E-state index < -0.39 is 0 Å². The molecule has 1 aromatic heterocycles. The topological polar surface area (TPSA) is 45.6 Å². The molecule has 1 aliphatic carbocycles. The minimum absolute atomic E-state index is 0.235. The molecule has 3 aromatic rings. The maximum absolute atomic E-state index is 10.8. The van der Waals surface area contributed by atoms with Crippen LogP contribution in [0.15, 0.2) is 60.8 Å². The molecule has 0 unspecified atom stereocenters. The Balaban J connectivity index is 1.27. The van der Waals surface area contributed by atoms with Crippen LogP contribution in [0.2, 0.25) is 0 Å². The van der Waals surface area contributed by atoms with E-state index in [1.807, 2.05) is 12.3 Å². The van der Waals surface area contributed by atoms with Crippen molar-refractivity contribution in [2.75, 3.05) is 13.1 Å². The molecule has 4 heteroatoms. The third-order valence-electron chi connectivity index (χ3n) is 6.67. The van der Waals surface area contributed by atoms with Crippen molar-refractivity contribution >= 4 is 10.9 Å². The van der Waals surface area contributed by atoms with Crippen LogP contribution < -0.4 is 4.74 Å². The molecule has 2 atom stereocenters. The van der Waals surface area contributed by atoms with E-state index in [4.69, 9.17) is 4.74 Å². The molecule has 1 aliphatic heterocycles. The molecule has 0 amide bonds. The van der Waals surface area contributed by atoms with Crippen LogP contribution in [0.1, 0.15) is 36.8 Å². The van der Waals surface area contributed by atoms with Crippen LogP contribution in [-0.4, -0.2) is 40.3 Å². The van der Waals surface area contributed by atoms with Gasteiger partial charge in [0.05, 0.1) is 17.7 Å². The van der Waals surface area contributed by atoms with Crippen molar-refractivity contribution in [3.63, 3.8) is 0 Å². The van der Waals surface area contributed by atoms with Gasteiger partial charge in [-0.1, -0.05) is 36.4 Å². The van der Waals surface area contributed by atoms with Gasteiger partial charge in [-0.05, 0) is 55.9 Å². The lowest BCUT2D eigenvalue weighted by atomic mass is 9.94. The Bertz CT molecular complexity index is 994. The molecule has 2 fully saturated rings. The predicted octanol–water partition coefficient (Wildman–Crippen LogP) is 4.59. The van der Waals surface area contributed by atoms with Crippen molar-refractivity contribution in [3.05, 3.63) is 71.9 Å². The fraction of sp³-hybridized carbons (Fsp3) is 0.423. The number of para-hydroxylation sites is 2. The van der Waals surface area contributed by atoms with Crippen molar-refractivity contribution in [1.29, 1.82) is 0 Å². The normalized spacial score (nSPS) is 22.7. The lowest BCUT2D eigenvalue weighted by Crippen LogP contribution is -2.22. The largest absolute Gasteiger partial charge is 0.490 e. The highest BCUT2D eigenvalue weighted by Crippen LogP contribution is 2.30. The minimum atomic E-state index is -0.306. The molecule has 1 saturated carbocycles. The van der Waals surface area contributed by atoms with Crippen LogP contribution in [0.4, 0.5) is 0 Å². The molecule has 0 bridgehead atoms. The summed E-state index contributed by atoms with van der Waals surface area (Å²) < 4.78 is 6.32. The van der Waals surface area contributed by atoms with Gasteiger partial charge in [0.2, 0.25) is 0 Å². The first kappa shape index (κ1) is 19.5. The summed E-state index contributed by atoms with van der Waals surface area (Å²) in [5, 5.41) is 12.0. The first-order valence-electron chi connectivity index (χ1n) is 11.2. The quantitative estimate of drug-likeness (QED) is 0.655. The van der Waals surface area contributed by atoms with Gasteiger partial charge >= 0.3 is 0 Å². The zero-order chi connectivity index (χ0) is 20.3. The van der Waals surface area contributed by atoms with Gasteiger partial charge in [-0.2, -0.15) is 0 Å². The zero-order valence-corrected chi connectivity index (χ0v) is 17.4. The van der Waals surface area contributed by atoms with E-state index >= 15 is 0 Å². The maximum atomic E-state index is 10.8. The average molecular weight is 403 g/mol. The minimum Gasteiger partial charge on any atom is -0.490 e. The van der Waals surface area contributed by atoms with Gasteiger partial charge in [-0.3, -0.25) is 9.88 Å². The molecule has 5 rings (SSSR count). The van der Waals surface area contributed by atoms with E-state index in [0.29, 0.717) is 12.6 Å². The zero-order valence-electron chi connectivity index (χ0n) is 17.4. The molecule has 0 spiro atoms. The Morgan fingerprint density at radius 3 is 2.63 bits per heavy atom. The number of aromatic nitrogens is 1. The summed E-state index contributed by atoms with van der Waals surface area (Å²) in [7, 11) is 0. The van der Waals surface area contributed by atoms with E-state index in [1.165, 1.54) is 42.2 Å². The molecule has 1 saturated heterocycles. The van der Waals surface area contributed by atoms with Crippen LogP contribution in [0.25, 0.3) is 10.9 Å². The molecule has 2 aliphatic rings. The van der Waals surface area contributed by atoms with Crippen LogP contribution in [-0.2, 0) is 13.0 Å². The summed E-state index contributed by atoms with van der Waals surface area (Å²) in [5.74, 6) is 1.25. The fourth-order valence-electron chi connectivity index (χ4n) is 5.06. The molecule has 156 valence electrons. The summed E-state index contributed by atoms with van der Waals surface area (Å²) in [5.41, 5.74) is 3.53. The fourth-order valence-corrected chi connectivity index (χ4v) is 5.06. The summed E-state index contributed by atoms with van der Waals surface area (Å²) in [4.78, 5) is 6.84. The van der Waals surface area contributed by atoms with Crippen LogP contribution in [0.3, 0.4) is 0 Å². The second-order valence-corrected chi connectivity index (χ2v) is 8.84. The van der Waals surface area contributed by atoms with Crippen molar-refractivity contribution in [2.24, 2.45) is 5.92 Å².